The van der Waals surface area contributed by atoms with Gasteiger partial charge in [-0.05, 0) is 51.7 Å². The topological polar surface area (TPSA) is 82.1 Å². The van der Waals surface area contributed by atoms with Gasteiger partial charge in [-0.25, -0.2) is 0 Å². The number of aliphatic carboxylic acids is 1. The summed E-state index contributed by atoms with van der Waals surface area (Å²) in [5.41, 5.74) is 0. The van der Waals surface area contributed by atoms with Crippen LogP contribution in [-0.4, -0.2) is 49.8 Å². The van der Waals surface area contributed by atoms with Crippen molar-refractivity contribution in [2.75, 3.05) is 6.61 Å². The number of carbonyl (C=O) groups is 2. The van der Waals surface area contributed by atoms with Crippen molar-refractivity contribution in [2.24, 2.45) is 11.8 Å². The summed E-state index contributed by atoms with van der Waals surface area (Å²) in [5, 5.41) is 8.93. The van der Waals surface area contributed by atoms with E-state index in [1.54, 1.807) is 6.92 Å². The molecule has 0 amide bonds. The molecule has 0 aromatic rings. The van der Waals surface area contributed by atoms with Crippen molar-refractivity contribution in [3.63, 3.8) is 0 Å². The highest BCUT2D eigenvalue weighted by Gasteiger charge is 2.41. The zero-order valence-electron chi connectivity index (χ0n) is 24.8. The van der Waals surface area contributed by atoms with Crippen molar-refractivity contribution in [1.29, 1.82) is 0 Å². The van der Waals surface area contributed by atoms with Crippen LogP contribution >= 0.6 is 0 Å². The van der Waals surface area contributed by atoms with Crippen LogP contribution in [0.2, 0.25) is 18.1 Å². The van der Waals surface area contributed by atoms with E-state index in [2.05, 4.69) is 64.8 Å². The monoisotopic (exact) mass is 536 g/mol. The summed E-state index contributed by atoms with van der Waals surface area (Å²) < 4.78 is 18.9. The molecule has 0 radical (unpaired) electrons. The zero-order valence-corrected chi connectivity index (χ0v) is 25.8. The molecule has 0 bridgehead atoms. The van der Waals surface area contributed by atoms with Crippen LogP contribution in [0, 0.1) is 23.7 Å². The molecule has 1 N–H and O–H groups in total. The third-order valence-corrected chi connectivity index (χ3v) is 12.0. The highest BCUT2D eigenvalue weighted by molar-refractivity contribution is 6.74. The normalized spacial score (nSPS) is 20.3. The number of hydrogen-bond acceptors (Lipinski definition) is 5. The summed E-state index contributed by atoms with van der Waals surface area (Å²) in [4.78, 5) is 23.6. The molecule has 1 aliphatic rings. The van der Waals surface area contributed by atoms with Gasteiger partial charge in [0.1, 0.15) is 5.78 Å². The Morgan fingerprint density at radius 1 is 1.16 bits per heavy atom. The lowest BCUT2D eigenvalue weighted by atomic mass is 9.82. The van der Waals surface area contributed by atoms with E-state index in [9.17, 15) is 9.59 Å². The fraction of sp³-hybridized carbons (Fsp3) is 0.800. The van der Waals surface area contributed by atoms with Crippen molar-refractivity contribution in [1.82, 2.24) is 0 Å². The molecule has 4 atom stereocenters. The van der Waals surface area contributed by atoms with Crippen LogP contribution in [0.15, 0.2) is 12.2 Å². The van der Waals surface area contributed by atoms with Gasteiger partial charge in [0.05, 0.1) is 18.8 Å². The number of carboxylic acids is 1. The van der Waals surface area contributed by atoms with Gasteiger partial charge in [0.2, 0.25) is 0 Å². The lowest BCUT2D eigenvalue weighted by Crippen LogP contribution is -2.43. The minimum absolute atomic E-state index is 0.0139. The Bertz CT molecular complexity index is 814. The van der Waals surface area contributed by atoms with Gasteiger partial charge < -0.3 is 19.0 Å². The molecule has 1 heterocycles. The Morgan fingerprint density at radius 3 is 2.35 bits per heavy atom. The highest BCUT2D eigenvalue weighted by atomic mass is 28.4. The van der Waals surface area contributed by atoms with Gasteiger partial charge in [-0.2, -0.15) is 0 Å². The largest absolute Gasteiger partial charge is 0.481 e. The van der Waals surface area contributed by atoms with Gasteiger partial charge in [0.25, 0.3) is 0 Å². The fourth-order valence-corrected chi connectivity index (χ4v) is 5.48. The van der Waals surface area contributed by atoms with E-state index in [-0.39, 0.29) is 41.3 Å². The highest BCUT2D eigenvalue weighted by Crippen LogP contribution is 2.38. The molecule has 0 aromatic heterocycles. The van der Waals surface area contributed by atoms with E-state index in [0.29, 0.717) is 25.9 Å². The number of rotatable bonds is 15. The van der Waals surface area contributed by atoms with Crippen LogP contribution in [0.5, 0.6) is 0 Å². The molecule has 1 rings (SSSR count). The second kappa shape index (κ2) is 15.2. The Kier molecular flexibility index (Phi) is 13.8. The number of ketones is 1. The van der Waals surface area contributed by atoms with E-state index >= 15 is 0 Å². The van der Waals surface area contributed by atoms with Crippen LogP contribution in [0.4, 0.5) is 0 Å². The summed E-state index contributed by atoms with van der Waals surface area (Å²) in [6.07, 6.45) is 9.90. The first-order chi connectivity index (χ1) is 17.1. The minimum atomic E-state index is -1.98. The maximum atomic E-state index is 12.8. The number of carboxylic acid groups (broad SMARTS) is 1. The van der Waals surface area contributed by atoms with E-state index < -0.39 is 20.1 Å². The van der Waals surface area contributed by atoms with E-state index in [4.69, 9.17) is 19.0 Å². The molecule has 1 aliphatic heterocycles. The quantitative estimate of drug-likeness (QED) is 0.104. The van der Waals surface area contributed by atoms with Crippen LogP contribution < -0.4 is 0 Å². The van der Waals surface area contributed by atoms with Crippen LogP contribution in [0.25, 0.3) is 0 Å². The summed E-state index contributed by atoms with van der Waals surface area (Å²) in [6.45, 7) is 19.3. The SMILES string of the molecule is CCCCC[C@@H](/C=C/[C@H](C(CC#CCCCC(=O)O)C(C)=O)[C@@H]1COC(C)(C)O1)O[Si](C)(C)C(C)(C)C. The molecule has 7 heteroatoms. The van der Waals surface area contributed by atoms with Crippen molar-refractivity contribution < 1.29 is 28.6 Å². The molecule has 0 spiro atoms. The summed E-state index contributed by atoms with van der Waals surface area (Å²) >= 11 is 0. The van der Waals surface area contributed by atoms with Gasteiger partial charge in [-0.15, -0.1) is 11.8 Å². The van der Waals surface area contributed by atoms with E-state index in [1.807, 2.05) is 13.8 Å². The third kappa shape index (κ3) is 12.3. The zero-order chi connectivity index (χ0) is 28.3. The Balaban J connectivity index is 3.19. The van der Waals surface area contributed by atoms with Crippen LogP contribution in [-0.2, 0) is 23.5 Å². The second-order valence-electron chi connectivity index (χ2n) is 12.3. The van der Waals surface area contributed by atoms with Crippen molar-refractivity contribution in [2.45, 2.75) is 136 Å². The first kappa shape index (κ1) is 33.6. The molecular formula is C30H52O6Si. The van der Waals surface area contributed by atoms with E-state index in [0.717, 1.165) is 25.7 Å². The Labute approximate surface area is 227 Å². The van der Waals surface area contributed by atoms with Gasteiger partial charge in [-0.3, -0.25) is 9.59 Å². The summed E-state index contributed by atoms with van der Waals surface area (Å²) in [7, 11) is -1.98. The number of carbonyl (C=O) groups excluding carboxylic acids is 1. The second-order valence-corrected chi connectivity index (χ2v) is 17.0. The standard InChI is InChI=1S/C30H52O6Si/c1-10-11-14-17-24(36-37(8,9)29(3,4)5)20-21-26(27-22-34-30(6,7)35-27)25(23(2)31)18-15-12-13-16-19-28(32)33/h20-21,24-27H,10-11,13-14,16-19,22H2,1-9H3,(H,32,33)/b21-20+/t24-,25?,26+,27-/m0/s1. The molecule has 0 saturated carbocycles. The molecular weight excluding hydrogens is 484 g/mol. The number of hydrogen-bond donors (Lipinski definition) is 1. The lowest BCUT2D eigenvalue weighted by Gasteiger charge is -2.39. The van der Waals surface area contributed by atoms with Crippen molar-refractivity contribution in [3.05, 3.63) is 12.2 Å². The predicted molar refractivity (Wildman–Crippen MR) is 152 cm³/mol. The van der Waals surface area contributed by atoms with Crippen molar-refractivity contribution in [3.8, 4) is 11.8 Å². The third-order valence-electron chi connectivity index (χ3n) is 7.48. The molecule has 1 fully saturated rings. The van der Waals surface area contributed by atoms with Crippen molar-refractivity contribution >= 4 is 20.1 Å². The maximum Gasteiger partial charge on any atom is 0.303 e. The fourth-order valence-electron chi connectivity index (χ4n) is 4.17. The maximum absolute atomic E-state index is 12.8. The first-order valence-electron chi connectivity index (χ1n) is 14.0. The molecule has 6 nitrogen and oxygen atoms in total. The van der Waals surface area contributed by atoms with E-state index in [1.165, 1.54) is 0 Å². The van der Waals surface area contributed by atoms with Gasteiger partial charge in [0, 0.05) is 31.1 Å². The molecule has 0 aliphatic carbocycles. The smallest absolute Gasteiger partial charge is 0.303 e. The molecule has 1 saturated heterocycles. The lowest BCUT2D eigenvalue weighted by molar-refractivity contribution is -0.147. The molecule has 37 heavy (non-hydrogen) atoms. The van der Waals surface area contributed by atoms with Gasteiger partial charge >= 0.3 is 5.97 Å². The Hall–Kier alpha value is -1.46. The van der Waals surface area contributed by atoms with Crippen LogP contribution in [0.3, 0.4) is 0 Å². The molecule has 1 unspecified atom stereocenters. The number of ether oxygens (including phenoxy) is 2. The summed E-state index contributed by atoms with van der Waals surface area (Å²) in [6, 6.07) is 0. The average Bonchev–Trinajstić information content (AvgIpc) is 3.12. The van der Waals surface area contributed by atoms with Crippen LogP contribution in [0.1, 0.15) is 99.8 Å². The first-order valence-corrected chi connectivity index (χ1v) is 16.9. The Morgan fingerprint density at radius 2 is 1.84 bits per heavy atom. The summed E-state index contributed by atoms with van der Waals surface area (Å²) in [5.74, 6) is 4.21. The van der Waals surface area contributed by atoms with Gasteiger partial charge in [0.15, 0.2) is 14.1 Å². The molecule has 0 aromatic carbocycles. The number of unbranched alkanes of at least 4 members (excludes halogenated alkanes) is 3. The average molecular weight is 537 g/mol. The predicted octanol–water partition coefficient (Wildman–Crippen LogP) is 7.13. The van der Waals surface area contributed by atoms with Gasteiger partial charge in [-0.1, -0.05) is 59.1 Å². The molecule has 212 valence electrons. The number of Topliss-reactive ketones (excluding diaryl/α,β-unsaturated/α-hetero) is 1. The minimum Gasteiger partial charge on any atom is -0.481 e.